The summed E-state index contributed by atoms with van der Waals surface area (Å²) in [6.45, 7) is 4.05. The molecule has 0 aliphatic rings. The lowest BCUT2D eigenvalue weighted by atomic mass is 9.99. The molecule has 0 radical (unpaired) electrons. The molecule has 2 aromatic carbocycles. The molecule has 0 heterocycles. The lowest BCUT2D eigenvalue weighted by Crippen LogP contribution is -2.05. The molecule has 0 fully saturated rings. The SMILES string of the molecule is Cc1ccc(CC(=O)c2cc(F)ccc2Br)cc1C. The zero-order valence-electron chi connectivity index (χ0n) is 10.8. The molecular weight excluding hydrogens is 307 g/mol. The maximum atomic E-state index is 13.2. The predicted octanol–water partition coefficient (Wildman–Crippen LogP) is 4.63. The van der Waals surface area contributed by atoms with Crippen molar-refractivity contribution in [2.75, 3.05) is 0 Å². The molecule has 0 unspecified atom stereocenters. The molecule has 19 heavy (non-hydrogen) atoms. The van der Waals surface area contributed by atoms with Crippen LogP contribution in [-0.2, 0) is 6.42 Å². The third kappa shape index (κ3) is 3.29. The third-order valence-electron chi connectivity index (χ3n) is 3.16. The predicted molar refractivity (Wildman–Crippen MR) is 78.1 cm³/mol. The van der Waals surface area contributed by atoms with Gasteiger partial charge in [0.1, 0.15) is 5.82 Å². The highest BCUT2D eigenvalue weighted by Gasteiger charge is 2.12. The molecule has 0 bridgehead atoms. The fourth-order valence-corrected chi connectivity index (χ4v) is 2.37. The van der Waals surface area contributed by atoms with Crippen LogP contribution in [0, 0.1) is 19.7 Å². The quantitative estimate of drug-likeness (QED) is 0.753. The lowest BCUT2D eigenvalue weighted by Gasteiger charge is -2.06. The van der Waals surface area contributed by atoms with E-state index in [9.17, 15) is 9.18 Å². The molecule has 0 N–H and O–H groups in total. The van der Waals surface area contributed by atoms with Gasteiger partial charge in [0, 0.05) is 16.5 Å². The van der Waals surface area contributed by atoms with E-state index in [2.05, 4.69) is 15.9 Å². The van der Waals surface area contributed by atoms with Gasteiger partial charge in [0.05, 0.1) is 0 Å². The first kappa shape index (κ1) is 13.9. The molecule has 0 amide bonds. The second kappa shape index (κ2) is 5.66. The molecule has 2 aromatic rings. The van der Waals surface area contributed by atoms with E-state index in [4.69, 9.17) is 0 Å². The monoisotopic (exact) mass is 320 g/mol. The van der Waals surface area contributed by atoms with Crippen LogP contribution < -0.4 is 0 Å². The average molecular weight is 321 g/mol. The summed E-state index contributed by atoms with van der Waals surface area (Å²) in [5.41, 5.74) is 3.69. The van der Waals surface area contributed by atoms with E-state index in [-0.39, 0.29) is 12.2 Å². The Balaban J connectivity index is 2.25. The van der Waals surface area contributed by atoms with Crippen LogP contribution in [0.4, 0.5) is 4.39 Å². The minimum absolute atomic E-state index is 0.0883. The van der Waals surface area contributed by atoms with Crippen LogP contribution in [0.2, 0.25) is 0 Å². The van der Waals surface area contributed by atoms with Crippen LogP contribution in [0.5, 0.6) is 0 Å². The Morgan fingerprint density at radius 3 is 2.53 bits per heavy atom. The van der Waals surface area contributed by atoms with Gasteiger partial charge < -0.3 is 0 Å². The molecule has 1 nitrogen and oxygen atoms in total. The molecule has 98 valence electrons. The van der Waals surface area contributed by atoms with E-state index in [1.54, 1.807) is 6.07 Å². The van der Waals surface area contributed by atoms with Crippen LogP contribution in [0.1, 0.15) is 27.0 Å². The topological polar surface area (TPSA) is 17.1 Å². The van der Waals surface area contributed by atoms with Crippen LogP contribution in [0.25, 0.3) is 0 Å². The summed E-state index contributed by atoms with van der Waals surface area (Å²) in [5.74, 6) is -0.485. The second-order valence-corrected chi connectivity index (χ2v) is 5.50. The number of ketones is 1. The number of hydrogen-bond donors (Lipinski definition) is 0. The number of Topliss-reactive ketones (excluding diaryl/α,β-unsaturated/α-hetero) is 1. The first-order chi connectivity index (χ1) is 8.97. The van der Waals surface area contributed by atoms with Gasteiger partial charge in [-0.1, -0.05) is 34.1 Å². The van der Waals surface area contributed by atoms with Gasteiger partial charge in [-0.25, -0.2) is 4.39 Å². The zero-order valence-corrected chi connectivity index (χ0v) is 12.4. The smallest absolute Gasteiger partial charge is 0.168 e. The summed E-state index contributed by atoms with van der Waals surface area (Å²) in [6.07, 6.45) is 0.281. The number of benzene rings is 2. The van der Waals surface area contributed by atoms with Gasteiger partial charge in [0.25, 0.3) is 0 Å². The van der Waals surface area contributed by atoms with Crippen molar-refractivity contribution in [3.05, 3.63) is 68.9 Å². The van der Waals surface area contributed by atoms with Crippen LogP contribution in [0.3, 0.4) is 0 Å². The number of carbonyl (C=O) groups excluding carboxylic acids is 1. The summed E-state index contributed by atoms with van der Waals surface area (Å²) in [5, 5.41) is 0. The minimum Gasteiger partial charge on any atom is -0.294 e. The van der Waals surface area contributed by atoms with Crippen molar-refractivity contribution in [1.82, 2.24) is 0 Å². The van der Waals surface area contributed by atoms with E-state index in [1.807, 2.05) is 32.0 Å². The molecule has 0 aliphatic carbocycles. The lowest BCUT2D eigenvalue weighted by molar-refractivity contribution is 0.0992. The van der Waals surface area contributed by atoms with Crippen LogP contribution in [0.15, 0.2) is 40.9 Å². The molecule has 0 saturated heterocycles. The first-order valence-electron chi connectivity index (χ1n) is 6.02. The van der Waals surface area contributed by atoms with Crippen molar-refractivity contribution < 1.29 is 9.18 Å². The van der Waals surface area contributed by atoms with Gasteiger partial charge >= 0.3 is 0 Å². The van der Waals surface area contributed by atoms with E-state index in [0.29, 0.717) is 10.0 Å². The fraction of sp³-hybridized carbons (Fsp3) is 0.188. The molecule has 0 spiro atoms. The Bertz CT molecular complexity index is 635. The standard InChI is InChI=1S/C16H14BrFO/c1-10-3-4-12(7-11(10)2)8-16(19)14-9-13(18)5-6-15(14)17/h3-7,9H,8H2,1-2H3. The van der Waals surface area contributed by atoms with E-state index < -0.39 is 5.82 Å². The fourth-order valence-electron chi connectivity index (χ4n) is 1.91. The van der Waals surface area contributed by atoms with Crippen molar-refractivity contribution in [2.45, 2.75) is 20.3 Å². The van der Waals surface area contributed by atoms with E-state index in [0.717, 1.165) is 11.1 Å². The first-order valence-corrected chi connectivity index (χ1v) is 6.81. The molecule has 3 heteroatoms. The van der Waals surface area contributed by atoms with Crippen molar-refractivity contribution in [1.29, 1.82) is 0 Å². The van der Waals surface area contributed by atoms with Gasteiger partial charge in [-0.15, -0.1) is 0 Å². The van der Waals surface area contributed by atoms with Gasteiger partial charge in [0.15, 0.2) is 5.78 Å². The van der Waals surface area contributed by atoms with Gasteiger partial charge in [-0.2, -0.15) is 0 Å². The highest BCUT2D eigenvalue weighted by Crippen LogP contribution is 2.20. The van der Waals surface area contributed by atoms with E-state index in [1.165, 1.54) is 17.7 Å². The highest BCUT2D eigenvalue weighted by atomic mass is 79.9. The number of carbonyl (C=O) groups is 1. The summed E-state index contributed by atoms with van der Waals surface area (Å²) in [4.78, 5) is 12.2. The third-order valence-corrected chi connectivity index (χ3v) is 3.86. The largest absolute Gasteiger partial charge is 0.294 e. The van der Waals surface area contributed by atoms with Crippen molar-refractivity contribution >= 4 is 21.7 Å². The molecule has 0 saturated carbocycles. The Hall–Kier alpha value is -1.48. The normalized spacial score (nSPS) is 10.5. The van der Waals surface area contributed by atoms with Crippen LogP contribution >= 0.6 is 15.9 Å². The van der Waals surface area contributed by atoms with Gasteiger partial charge in [-0.3, -0.25) is 4.79 Å². The summed E-state index contributed by atoms with van der Waals surface area (Å²) in [6, 6.07) is 10.1. The summed E-state index contributed by atoms with van der Waals surface area (Å²) < 4.78 is 13.8. The molecule has 0 aliphatic heterocycles. The number of rotatable bonds is 3. The van der Waals surface area contributed by atoms with Crippen molar-refractivity contribution in [2.24, 2.45) is 0 Å². The highest BCUT2D eigenvalue weighted by molar-refractivity contribution is 9.10. The molecule has 2 rings (SSSR count). The molecule has 0 atom stereocenters. The number of halogens is 2. The number of hydrogen-bond acceptors (Lipinski definition) is 1. The summed E-state index contributed by atoms with van der Waals surface area (Å²) >= 11 is 3.28. The Morgan fingerprint density at radius 2 is 1.84 bits per heavy atom. The molecular formula is C16H14BrFO. The summed E-state index contributed by atoms with van der Waals surface area (Å²) in [7, 11) is 0. The Kier molecular flexibility index (Phi) is 4.15. The van der Waals surface area contributed by atoms with Crippen molar-refractivity contribution in [3.8, 4) is 0 Å². The maximum Gasteiger partial charge on any atom is 0.168 e. The molecule has 0 aromatic heterocycles. The zero-order chi connectivity index (χ0) is 14.0. The Morgan fingerprint density at radius 1 is 1.11 bits per heavy atom. The maximum absolute atomic E-state index is 13.2. The van der Waals surface area contributed by atoms with Gasteiger partial charge in [0.2, 0.25) is 0 Å². The van der Waals surface area contributed by atoms with E-state index >= 15 is 0 Å². The Labute approximate surface area is 120 Å². The van der Waals surface area contributed by atoms with Crippen molar-refractivity contribution in [3.63, 3.8) is 0 Å². The van der Waals surface area contributed by atoms with Crippen LogP contribution in [-0.4, -0.2) is 5.78 Å². The number of aryl methyl sites for hydroxylation is 2. The average Bonchev–Trinajstić information content (AvgIpc) is 2.36. The second-order valence-electron chi connectivity index (χ2n) is 4.64. The van der Waals surface area contributed by atoms with Gasteiger partial charge in [-0.05, 0) is 48.7 Å². The minimum atomic E-state index is -0.397.